The first kappa shape index (κ1) is 20.6. The molecule has 0 unspecified atom stereocenters. The first-order valence-electron chi connectivity index (χ1n) is 10.5. The van der Waals surface area contributed by atoms with Crippen LogP contribution in [-0.2, 0) is 6.67 Å². The Kier molecular flexibility index (Phi) is 6.20. The van der Waals surface area contributed by atoms with Gasteiger partial charge >= 0.3 is 0 Å². The van der Waals surface area contributed by atoms with Gasteiger partial charge in [-0.05, 0) is 56.8 Å². The monoisotopic (exact) mass is 423 g/mol. The van der Waals surface area contributed by atoms with Crippen molar-refractivity contribution in [1.29, 1.82) is 0 Å². The Morgan fingerprint density at radius 3 is 2.50 bits per heavy atom. The first-order chi connectivity index (χ1) is 14.6. The summed E-state index contributed by atoms with van der Waals surface area (Å²) in [5.41, 5.74) is 4.72. The van der Waals surface area contributed by atoms with Crippen LogP contribution >= 0.6 is 12.2 Å². The van der Waals surface area contributed by atoms with Crippen LogP contribution in [0.3, 0.4) is 0 Å². The second-order valence-corrected chi connectivity index (χ2v) is 8.09. The highest BCUT2D eigenvalue weighted by molar-refractivity contribution is 7.71. The number of aromatic nitrogens is 3. The van der Waals surface area contributed by atoms with E-state index in [1.54, 1.807) is 0 Å². The van der Waals surface area contributed by atoms with Crippen LogP contribution in [-0.4, -0.2) is 52.0 Å². The molecule has 1 saturated heterocycles. The molecule has 3 aromatic rings. The van der Waals surface area contributed by atoms with Crippen LogP contribution in [0.1, 0.15) is 18.1 Å². The summed E-state index contributed by atoms with van der Waals surface area (Å²) in [6.07, 6.45) is 1.83. The van der Waals surface area contributed by atoms with Crippen molar-refractivity contribution in [3.8, 4) is 11.4 Å². The normalized spacial score (nSPS) is 14.8. The lowest BCUT2D eigenvalue weighted by molar-refractivity contribution is 0.194. The molecule has 0 N–H and O–H groups in total. The van der Waals surface area contributed by atoms with Crippen molar-refractivity contribution >= 4 is 17.9 Å². The SMILES string of the molecule is CCOc1ccccc1N1CCN(Cn2ncn(-c3ccc(C)cc3C)c2=S)CC1. The topological polar surface area (TPSA) is 38.5 Å². The number of piperazine rings is 1. The fourth-order valence-electron chi connectivity index (χ4n) is 3.99. The van der Waals surface area contributed by atoms with Crippen LogP contribution < -0.4 is 9.64 Å². The quantitative estimate of drug-likeness (QED) is 0.556. The summed E-state index contributed by atoms with van der Waals surface area (Å²) >= 11 is 5.72. The van der Waals surface area contributed by atoms with Gasteiger partial charge in [-0.3, -0.25) is 9.47 Å². The van der Waals surface area contributed by atoms with Crippen molar-refractivity contribution in [1.82, 2.24) is 19.2 Å². The predicted molar refractivity (Wildman–Crippen MR) is 123 cm³/mol. The molecule has 1 aromatic heterocycles. The van der Waals surface area contributed by atoms with Gasteiger partial charge in [-0.1, -0.05) is 29.8 Å². The zero-order valence-electron chi connectivity index (χ0n) is 17.9. The summed E-state index contributed by atoms with van der Waals surface area (Å²) in [5.74, 6) is 0.961. The molecule has 1 aliphatic heterocycles. The molecule has 1 fully saturated rings. The van der Waals surface area contributed by atoms with Gasteiger partial charge in [0, 0.05) is 26.2 Å². The molecule has 0 amide bonds. The number of ether oxygens (including phenoxy) is 1. The summed E-state index contributed by atoms with van der Waals surface area (Å²) in [5, 5.41) is 4.57. The minimum absolute atomic E-state index is 0.679. The van der Waals surface area contributed by atoms with Crippen molar-refractivity contribution < 1.29 is 4.74 Å². The fourth-order valence-corrected chi connectivity index (χ4v) is 4.24. The number of anilines is 1. The Labute approximate surface area is 183 Å². The second-order valence-electron chi connectivity index (χ2n) is 7.72. The molecule has 0 spiro atoms. The molecule has 0 bridgehead atoms. The van der Waals surface area contributed by atoms with Gasteiger partial charge in [0.15, 0.2) is 0 Å². The third-order valence-electron chi connectivity index (χ3n) is 5.56. The van der Waals surface area contributed by atoms with Crippen molar-refractivity contribution in [2.24, 2.45) is 0 Å². The van der Waals surface area contributed by atoms with Crippen molar-refractivity contribution in [2.75, 3.05) is 37.7 Å². The van der Waals surface area contributed by atoms with E-state index in [2.05, 4.69) is 59.1 Å². The van der Waals surface area contributed by atoms with Gasteiger partial charge in [-0.2, -0.15) is 5.10 Å². The van der Waals surface area contributed by atoms with E-state index < -0.39 is 0 Å². The van der Waals surface area contributed by atoms with Gasteiger partial charge in [-0.25, -0.2) is 4.68 Å². The van der Waals surface area contributed by atoms with Crippen LogP contribution in [0.2, 0.25) is 0 Å². The molecule has 2 heterocycles. The maximum Gasteiger partial charge on any atom is 0.203 e. The van der Waals surface area contributed by atoms with Crippen LogP contribution in [0.5, 0.6) is 5.75 Å². The van der Waals surface area contributed by atoms with E-state index in [1.165, 1.54) is 16.8 Å². The Morgan fingerprint density at radius 1 is 1.00 bits per heavy atom. The smallest absolute Gasteiger partial charge is 0.203 e. The molecule has 0 saturated carbocycles. The molecule has 7 heteroatoms. The molecular weight excluding hydrogens is 394 g/mol. The molecule has 6 nitrogen and oxygen atoms in total. The molecule has 30 heavy (non-hydrogen) atoms. The number of nitrogens with zero attached hydrogens (tertiary/aromatic N) is 5. The summed E-state index contributed by atoms with van der Waals surface area (Å²) in [7, 11) is 0. The molecule has 0 radical (unpaired) electrons. The van der Waals surface area contributed by atoms with E-state index in [-0.39, 0.29) is 0 Å². The highest BCUT2D eigenvalue weighted by Crippen LogP contribution is 2.28. The summed E-state index contributed by atoms with van der Waals surface area (Å²) in [6.45, 7) is 11.4. The van der Waals surface area contributed by atoms with E-state index in [9.17, 15) is 0 Å². The second kappa shape index (κ2) is 9.02. The maximum atomic E-state index is 5.80. The minimum Gasteiger partial charge on any atom is -0.492 e. The molecular formula is C23H29N5OS. The van der Waals surface area contributed by atoms with E-state index in [0.29, 0.717) is 13.3 Å². The van der Waals surface area contributed by atoms with E-state index in [0.717, 1.165) is 42.4 Å². The molecule has 2 aromatic carbocycles. The van der Waals surface area contributed by atoms with Crippen LogP contribution in [0, 0.1) is 18.6 Å². The summed E-state index contributed by atoms with van der Waals surface area (Å²) in [6, 6.07) is 14.7. The average Bonchev–Trinajstić information content (AvgIpc) is 3.09. The van der Waals surface area contributed by atoms with E-state index >= 15 is 0 Å². The lowest BCUT2D eigenvalue weighted by Gasteiger charge is -2.36. The number of benzene rings is 2. The number of hydrogen-bond acceptors (Lipinski definition) is 5. The largest absolute Gasteiger partial charge is 0.492 e. The zero-order valence-corrected chi connectivity index (χ0v) is 18.7. The average molecular weight is 424 g/mol. The summed E-state index contributed by atoms with van der Waals surface area (Å²) in [4.78, 5) is 4.80. The standard InChI is InChI=1S/C23H29N5OS/c1-4-29-22-8-6-5-7-21(22)26-13-11-25(12-14-26)17-28-23(30)27(16-24-28)20-10-9-18(2)15-19(20)3/h5-10,15-16H,4,11-14,17H2,1-3H3. The van der Waals surface area contributed by atoms with Gasteiger partial charge in [0.25, 0.3) is 0 Å². The Hall–Kier alpha value is -2.64. The van der Waals surface area contributed by atoms with E-state index in [1.807, 2.05) is 34.6 Å². The lowest BCUT2D eigenvalue weighted by atomic mass is 10.1. The third kappa shape index (κ3) is 4.27. The molecule has 4 rings (SSSR count). The number of rotatable bonds is 6. The van der Waals surface area contributed by atoms with Crippen molar-refractivity contribution in [3.05, 3.63) is 64.7 Å². The summed E-state index contributed by atoms with van der Waals surface area (Å²) < 4.78 is 10.4. The molecule has 0 atom stereocenters. The lowest BCUT2D eigenvalue weighted by Crippen LogP contribution is -2.47. The van der Waals surface area contributed by atoms with Crippen LogP contribution in [0.15, 0.2) is 48.8 Å². The van der Waals surface area contributed by atoms with Crippen LogP contribution in [0.4, 0.5) is 5.69 Å². The van der Waals surface area contributed by atoms with Gasteiger partial charge in [0.05, 0.1) is 24.7 Å². The fraction of sp³-hybridized carbons (Fsp3) is 0.391. The van der Waals surface area contributed by atoms with Crippen LogP contribution in [0.25, 0.3) is 5.69 Å². The predicted octanol–water partition coefficient (Wildman–Crippen LogP) is 4.20. The first-order valence-corrected chi connectivity index (χ1v) is 10.9. The third-order valence-corrected chi connectivity index (χ3v) is 5.96. The number of para-hydroxylation sites is 2. The number of aryl methyl sites for hydroxylation is 2. The Balaban J connectivity index is 1.43. The molecule has 158 valence electrons. The highest BCUT2D eigenvalue weighted by atomic mass is 32.1. The van der Waals surface area contributed by atoms with Crippen molar-refractivity contribution in [2.45, 2.75) is 27.4 Å². The Morgan fingerprint density at radius 2 is 1.77 bits per heavy atom. The van der Waals surface area contributed by atoms with Gasteiger partial charge in [-0.15, -0.1) is 0 Å². The van der Waals surface area contributed by atoms with Gasteiger partial charge in [0.1, 0.15) is 12.1 Å². The maximum absolute atomic E-state index is 5.80. The van der Waals surface area contributed by atoms with Crippen molar-refractivity contribution in [3.63, 3.8) is 0 Å². The van der Waals surface area contributed by atoms with Gasteiger partial charge < -0.3 is 9.64 Å². The zero-order chi connectivity index (χ0) is 21.1. The van der Waals surface area contributed by atoms with Gasteiger partial charge in [0.2, 0.25) is 4.77 Å². The minimum atomic E-state index is 0.679. The number of hydrogen-bond donors (Lipinski definition) is 0. The Bertz CT molecular complexity index is 1070. The molecule has 0 aliphatic carbocycles. The molecule has 1 aliphatic rings. The highest BCUT2D eigenvalue weighted by Gasteiger charge is 2.20. The van der Waals surface area contributed by atoms with E-state index in [4.69, 9.17) is 17.0 Å².